The summed E-state index contributed by atoms with van der Waals surface area (Å²) in [4.78, 5) is 30.9. The van der Waals surface area contributed by atoms with Crippen LogP contribution in [0.5, 0.6) is 0 Å². The number of pyridine rings is 1. The zero-order valence-corrected chi connectivity index (χ0v) is 13.1. The molecule has 0 unspecified atom stereocenters. The Hall–Kier alpha value is -3.14. The van der Waals surface area contributed by atoms with Crippen molar-refractivity contribution in [3.63, 3.8) is 0 Å². The number of hydrogen-bond acceptors (Lipinski definition) is 5. The molecule has 1 amide bonds. The Bertz CT molecular complexity index is 917. The molecule has 3 rings (SSSR count). The van der Waals surface area contributed by atoms with Crippen molar-refractivity contribution in [1.82, 2.24) is 9.38 Å². The Labute approximate surface area is 138 Å². The van der Waals surface area contributed by atoms with Gasteiger partial charge in [-0.2, -0.15) is 5.26 Å². The van der Waals surface area contributed by atoms with Crippen LogP contribution in [0.4, 0.5) is 5.82 Å². The fraction of sp³-hybridized carbons (Fsp3) is 0.294. The molecule has 2 N–H and O–H groups in total. The summed E-state index contributed by atoms with van der Waals surface area (Å²) in [6.07, 6.45) is 6.03. The number of piperidine rings is 1. The van der Waals surface area contributed by atoms with Gasteiger partial charge in [0.25, 0.3) is 11.5 Å². The molecule has 0 saturated carbocycles. The highest BCUT2D eigenvalue weighted by atomic mass is 16.1. The lowest BCUT2D eigenvalue weighted by Gasteiger charge is -2.29. The van der Waals surface area contributed by atoms with E-state index >= 15 is 0 Å². The zero-order chi connectivity index (χ0) is 17.1. The third-order valence-electron chi connectivity index (χ3n) is 4.08. The molecule has 1 aliphatic heterocycles. The summed E-state index contributed by atoms with van der Waals surface area (Å²) >= 11 is 0. The van der Waals surface area contributed by atoms with Crippen molar-refractivity contribution in [3.05, 3.63) is 45.9 Å². The molecule has 0 bridgehead atoms. The van der Waals surface area contributed by atoms with Crippen LogP contribution >= 0.6 is 0 Å². The Balaban J connectivity index is 2.27. The smallest absolute Gasteiger partial charge is 0.267 e. The highest BCUT2D eigenvalue weighted by molar-refractivity contribution is 6.01. The molecule has 7 nitrogen and oxygen atoms in total. The van der Waals surface area contributed by atoms with Gasteiger partial charge in [-0.3, -0.25) is 14.0 Å². The van der Waals surface area contributed by atoms with Crippen LogP contribution in [0.2, 0.25) is 0 Å². The van der Waals surface area contributed by atoms with Gasteiger partial charge in [0, 0.05) is 19.3 Å². The maximum absolute atomic E-state index is 12.9. The van der Waals surface area contributed by atoms with Crippen LogP contribution in [-0.2, 0) is 4.79 Å². The van der Waals surface area contributed by atoms with E-state index in [4.69, 9.17) is 11.0 Å². The van der Waals surface area contributed by atoms with Gasteiger partial charge in [-0.15, -0.1) is 0 Å². The molecule has 1 aliphatic rings. The van der Waals surface area contributed by atoms with Crippen molar-refractivity contribution in [1.29, 1.82) is 5.26 Å². The van der Waals surface area contributed by atoms with Gasteiger partial charge in [-0.1, -0.05) is 6.07 Å². The molecule has 0 spiro atoms. The topological polar surface area (TPSA) is 104 Å². The van der Waals surface area contributed by atoms with Crippen molar-refractivity contribution in [2.45, 2.75) is 19.3 Å². The van der Waals surface area contributed by atoms with Gasteiger partial charge < -0.3 is 10.6 Å². The Morgan fingerprint density at radius 2 is 2.04 bits per heavy atom. The zero-order valence-electron chi connectivity index (χ0n) is 13.1. The number of aromatic nitrogens is 2. The summed E-state index contributed by atoms with van der Waals surface area (Å²) in [6.45, 7) is 1.57. The molecular weight excluding hydrogens is 306 g/mol. The summed E-state index contributed by atoms with van der Waals surface area (Å²) in [7, 11) is 0. The summed E-state index contributed by atoms with van der Waals surface area (Å²) in [6, 6.07) is 7.03. The predicted octanol–water partition coefficient (Wildman–Crippen LogP) is 1.08. The number of carbonyl (C=O) groups excluding carboxylic acids is 1. The molecule has 3 heterocycles. The van der Waals surface area contributed by atoms with Crippen LogP contribution in [0.15, 0.2) is 34.8 Å². The average Bonchev–Trinajstić information content (AvgIpc) is 2.61. The summed E-state index contributed by atoms with van der Waals surface area (Å²) in [5.74, 6) is -0.362. The minimum atomic E-state index is -0.861. The number of primary amides is 1. The van der Waals surface area contributed by atoms with E-state index in [1.807, 2.05) is 4.90 Å². The molecule has 1 saturated heterocycles. The molecule has 0 aromatic carbocycles. The normalized spacial score (nSPS) is 15.3. The predicted molar refractivity (Wildman–Crippen MR) is 90.3 cm³/mol. The van der Waals surface area contributed by atoms with Crippen molar-refractivity contribution in [2.75, 3.05) is 18.0 Å². The van der Waals surface area contributed by atoms with Crippen LogP contribution < -0.4 is 16.2 Å². The fourth-order valence-corrected chi connectivity index (χ4v) is 2.87. The van der Waals surface area contributed by atoms with E-state index in [-0.39, 0.29) is 16.7 Å². The van der Waals surface area contributed by atoms with Crippen LogP contribution in [0.3, 0.4) is 0 Å². The van der Waals surface area contributed by atoms with E-state index in [0.717, 1.165) is 32.4 Å². The minimum absolute atomic E-state index is 0.218. The average molecular weight is 323 g/mol. The molecule has 0 atom stereocenters. The van der Waals surface area contributed by atoms with Gasteiger partial charge in [-0.25, -0.2) is 4.98 Å². The molecule has 0 aliphatic carbocycles. The molecule has 7 heteroatoms. The second-order valence-electron chi connectivity index (χ2n) is 5.66. The summed E-state index contributed by atoms with van der Waals surface area (Å²) in [5.41, 5.74) is 5.37. The van der Waals surface area contributed by atoms with E-state index in [1.54, 1.807) is 30.5 Å². The van der Waals surface area contributed by atoms with E-state index in [9.17, 15) is 9.59 Å². The number of nitriles is 1. The maximum Gasteiger partial charge on any atom is 0.267 e. The number of rotatable bonds is 3. The fourth-order valence-electron chi connectivity index (χ4n) is 2.87. The summed E-state index contributed by atoms with van der Waals surface area (Å²) < 4.78 is 1.40. The molecule has 0 radical (unpaired) electrons. The monoisotopic (exact) mass is 323 g/mol. The Morgan fingerprint density at radius 1 is 1.29 bits per heavy atom. The lowest BCUT2D eigenvalue weighted by molar-refractivity contribution is -0.114. The van der Waals surface area contributed by atoms with Gasteiger partial charge in [0.2, 0.25) is 0 Å². The van der Waals surface area contributed by atoms with Crippen molar-refractivity contribution in [2.24, 2.45) is 5.73 Å². The minimum Gasteiger partial charge on any atom is -0.365 e. The SMILES string of the molecule is N#CC(=Cc1c(N2CCCCC2)nc2ccccn2c1=O)C(N)=O. The number of carbonyl (C=O) groups is 1. The largest absolute Gasteiger partial charge is 0.365 e. The molecule has 122 valence electrons. The van der Waals surface area contributed by atoms with Crippen molar-refractivity contribution >= 4 is 23.4 Å². The van der Waals surface area contributed by atoms with Crippen molar-refractivity contribution < 1.29 is 4.79 Å². The lowest BCUT2D eigenvalue weighted by Crippen LogP contribution is -2.33. The van der Waals surface area contributed by atoms with Crippen LogP contribution in [-0.4, -0.2) is 28.4 Å². The number of amides is 1. The van der Waals surface area contributed by atoms with Crippen LogP contribution in [0.25, 0.3) is 11.7 Å². The molecular formula is C17H17N5O2. The third-order valence-corrected chi connectivity index (χ3v) is 4.08. The van der Waals surface area contributed by atoms with E-state index < -0.39 is 5.91 Å². The van der Waals surface area contributed by atoms with Crippen molar-refractivity contribution in [3.8, 4) is 6.07 Å². The van der Waals surface area contributed by atoms with Gasteiger partial charge >= 0.3 is 0 Å². The second-order valence-corrected chi connectivity index (χ2v) is 5.66. The Morgan fingerprint density at radius 3 is 2.71 bits per heavy atom. The first-order chi connectivity index (χ1) is 11.6. The molecule has 2 aromatic heterocycles. The highest BCUT2D eigenvalue weighted by Gasteiger charge is 2.20. The van der Waals surface area contributed by atoms with Gasteiger partial charge in [-0.05, 0) is 37.5 Å². The van der Waals surface area contributed by atoms with E-state index in [2.05, 4.69) is 4.98 Å². The lowest BCUT2D eigenvalue weighted by atomic mass is 10.1. The number of fused-ring (bicyclic) bond motifs is 1. The number of nitrogens with two attached hydrogens (primary N) is 1. The van der Waals surface area contributed by atoms with Crippen LogP contribution in [0.1, 0.15) is 24.8 Å². The standard InChI is InChI=1S/C17H17N5O2/c18-11-12(15(19)23)10-13-16(21-7-3-1-4-8-21)20-14-6-2-5-9-22(14)17(13)24/h2,5-6,9-10H,1,3-4,7-8H2,(H2,19,23). The van der Waals surface area contributed by atoms with Gasteiger partial charge in [0.15, 0.2) is 0 Å². The molecule has 24 heavy (non-hydrogen) atoms. The second kappa shape index (κ2) is 6.54. The number of nitrogens with zero attached hydrogens (tertiary/aromatic N) is 4. The Kier molecular flexibility index (Phi) is 4.29. The molecule has 2 aromatic rings. The van der Waals surface area contributed by atoms with Gasteiger partial charge in [0.05, 0.1) is 5.56 Å². The number of hydrogen-bond donors (Lipinski definition) is 1. The number of anilines is 1. The third kappa shape index (κ3) is 2.86. The van der Waals surface area contributed by atoms with Gasteiger partial charge in [0.1, 0.15) is 23.1 Å². The summed E-state index contributed by atoms with van der Waals surface area (Å²) in [5, 5.41) is 9.10. The first kappa shape index (κ1) is 15.7. The molecule has 1 fully saturated rings. The maximum atomic E-state index is 12.9. The highest BCUT2D eigenvalue weighted by Crippen LogP contribution is 2.22. The first-order valence-corrected chi connectivity index (χ1v) is 7.80. The first-order valence-electron chi connectivity index (χ1n) is 7.80. The van der Waals surface area contributed by atoms with E-state index in [1.165, 1.54) is 10.5 Å². The van der Waals surface area contributed by atoms with Crippen LogP contribution in [0, 0.1) is 11.3 Å². The quantitative estimate of drug-likeness (QED) is 0.672. The van der Waals surface area contributed by atoms with E-state index in [0.29, 0.717) is 11.5 Å².